The Labute approximate surface area is 274 Å². The van der Waals surface area contributed by atoms with Gasteiger partial charge in [-0.3, -0.25) is 30.4 Å². The fourth-order valence-corrected chi connectivity index (χ4v) is 4.75. The molecule has 0 saturated heterocycles. The highest BCUT2D eigenvalue weighted by Gasteiger charge is 2.19. The van der Waals surface area contributed by atoms with Crippen LogP contribution >= 0.6 is 12.4 Å². The third-order valence-electron chi connectivity index (χ3n) is 6.81. The van der Waals surface area contributed by atoms with Crippen LogP contribution in [0, 0.1) is 0 Å². The molecule has 11 heteroatoms. The predicted molar refractivity (Wildman–Crippen MR) is 182 cm³/mol. The van der Waals surface area contributed by atoms with E-state index in [4.69, 9.17) is 21.1 Å². The number of nitrogens with two attached hydrogens (primary N) is 2. The quantitative estimate of drug-likeness (QED) is 0.161. The lowest BCUT2D eigenvalue weighted by Gasteiger charge is -2.20. The normalized spacial score (nSPS) is 18.0. The molecule has 0 spiro atoms. The van der Waals surface area contributed by atoms with Crippen LogP contribution in [-0.2, 0) is 28.7 Å². The first-order valence-electron chi connectivity index (χ1n) is 16.0. The Bertz CT molecular complexity index is 735. The molecular formula is C33H67ClN4O6. The van der Waals surface area contributed by atoms with Crippen molar-refractivity contribution < 1.29 is 28.7 Å². The maximum absolute atomic E-state index is 11.3. The molecule has 0 bridgehead atoms. The lowest BCUT2D eigenvalue weighted by atomic mass is 10.2. The zero-order valence-electron chi connectivity index (χ0n) is 27.9. The van der Waals surface area contributed by atoms with E-state index in [9.17, 15) is 19.2 Å². The monoisotopic (exact) mass is 650 g/mol. The average molecular weight is 651 g/mol. The summed E-state index contributed by atoms with van der Waals surface area (Å²) in [6, 6.07) is 1.16. The lowest BCUT2D eigenvalue weighted by molar-refractivity contribution is -0.154. The van der Waals surface area contributed by atoms with Gasteiger partial charge in [-0.25, -0.2) is 0 Å². The van der Waals surface area contributed by atoms with Crippen LogP contribution in [0.2, 0.25) is 0 Å². The number of esters is 2. The van der Waals surface area contributed by atoms with Crippen LogP contribution in [0.5, 0.6) is 0 Å². The average Bonchev–Trinajstić information content (AvgIpc) is 3.72. The summed E-state index contributed by atoms with van der Waals surface area (Å²) >= 11 is 0. The van der Waals surface area contributed by atoms with E-state index in [0.29, 0.717) is 30.2 Å². The molecule has 0 unspecified atom stereocenters. The molecule has 4 saturated carbocycles. The highest BCUT2D eigenvalue weighted by atomic mass is 35.5. The maximum atomic E-state index is 11.3. The van der Waals surface area contributed by atoms with Crippen molar-refractivity contribution in [1.29, 1.82) is 0 Å². The SMILES string of the molecule is C.CC(C)(C)OC(=O)CN.CC(C)(C)OC(=O)CNC1CCCC1.Cl.NNC1CCCC1.O=C1CCCC1.O=C1CCCC1. The number of hydrogen-bond donors (Lipinski definition) is 4. The van der Waals surface area contributed by atoms with E-state index in [-0.39, 0.29) is 43.9 Å². The van der Waals surface area contributed by atoms with Crippen molar-refractivity contribution in [3.63, 3.8) is 0 Å². The Hall–Kier alpha value is -1.59. The van der Waals surface area contributed by atoms with E-state index in [1.807, 2.05) is 20.8 Å². The minimum Gasteiger partial charge on any atom is -0.459 e. The van der Waals surface area contributed by atoms with E-state index >= 15 is 0 Å². The number of hydrazine groups is 1. The summed E-state index contributed by atoms with van der Waals surface area (Å²) in [6.45, 7) is 11.4. The van der Waals surface area contributed by atoms with Crippen molar-refractivity contribution in [3.8, 4) is 0 Å². The van der Waals surface area contributed by atoms with Crippen LogP contribution in [-0.4, -0.2) is 59.9 Å². The molecular weight excluding hydrogens is 584 g/mol. The van der Waals surface area contributed by atoms with Crippen LogP contribution < -0.4 is 22.3 Å². The minimum absolute atomic E-state index is 0. The third-order valence-corrected chi connectivity index (χ3v) is 6.81. The molecule has 0 atom stereocenters. The van der Waals surface area contributed by atoms with E-state index in [2.05, 4.69) is 10.7 Å². The zero-order chi connectivity index (χ0) is 32.0. The van der Waals surface area contributed by atoms with Gasteiger partial charge in [-0.15, -0.1) is 12.4 Å². The fraction of sp³-hybridized carbons (Fsp3) is 0.879. The molecule has 4 rings (SSSR count). The van der Waals surface area contributed by atoms with E-state index in [0.717, 1.165) is 51.4 Å². The fourth-order valence-electron chi connectivity index (χ4n) is 4.75. The predicted octanol–water partition coefficient (Wildman–Crippen LogP) is 5.86. The number of rotatable bonds is 5. The Morgan fingerprint density at radius 2 is 1.02 bits per heavy atom. The number of carbonyl (C=O) groups is 4. The van der Waals surface area contributed by atoms with Gasteiger partial charge in [0.25, 0.3) is 0 Å². The van der Waals surface area contributed by atoms with E-state index in [1.165, 1.54) is 51.4 Å². The van der Waals surface area contributed by atoms with Crippen molar-refractivity contribution in [2.75, 3.05) is 13.1 Å². The maximum Gasteiger partial charge on any atom is 0.320 e. The molecule has 4 fully saturated rings. The summed E-state index contributed by atoms with van der Waals surface area (Å²) in [5, 5.41) is 3.23. The largest absolute Gasteiger partial charge is 0.459 e. The van der Waals surface area contributed by atoms with Crippen LogP contribution in [0.25, 0.3) is 0 Å². The van der Waals surface area contributed by atoms with E-state index < -0.39 is 5.60 Å². The van der Waals surface area contributed by atoms with Crippen molar-refractivity contribution in [1.82, 2.24) is 10.7 Å². The third kappa shape index (κ3) is 30.4. The summed E-state index contributed by atoms with van der Waals surface area (Å²) in [5.41, 5.74) is 7.00. The number of nitrogens with one attached hydrogen (secondary N) is 2. The molecule has 0 aromatic rings. The van der Waals surface area contributed by atoms with Crippen LogP contribution in [0.4, 0.5) is 0 Å². The van der Waals surface area contributed by atoms with Gasteiger partial charge in [-0.1, -0.05) is 33.1 Å². The summed E-state index contributed by atoms with van der Waals surface area (Å²) in [5.74, 6) is 5.58. The van der Waals surface area contributed by atoms with Gasteiger partial charge in [0.2, 0.25) is 0 Å². The Kier molecular flexibility index (Phi) is 28.3. The second-order valence-corrected chi connectivity index (χ2v) is 13.4. The van der Waals surface area contributed by atoms with Gasteiger partial charge in [0.1, 0.15) is 22.8 Å². The summed E-state index contributed by atoms with van der Waals surface area (Å²) < 4.78 is 10.0. The number of Topliss-reactive ketones (excluding diaryl/α,β-unsaturated/α-hetero) is 2. The minimum atomic E-state index is -0.406. The number of halogens is 1. The molecule has 10 nitrogen and oxygen atoms in total. The molecule has 44 heavy (non-hydrogen) atoms. The molecule has 0 heterocycles. The highest BCUT2D eigenvalue weighted by molar-refractivity contribution is 5.85. The van der Waals surface area contributed by atoms with Crippen molar-refractivity contribution in [2.45, 2.75) is 175 Å². The van der Waals surface area contributed by atoms with E-state index in [1.54, 1.807) is 20.8 Å². The molecule has 0 radical (unpaired) electrons. The first kappa shape index (κ1) is 46.8. The summed E-state index contributed by atoms with van der Waals surface area (Å²) in [6.07, 6.45) is 18.2. The van der Waals surface area contributed by atoms with Crippen molar-refractivity contribution in [3.05, 3.63) is 0 Å². The van der Waals surface area contributed by atoms with Crippen molar-refractivity contribution in [2.24, 2.45) is 11.6 Å². The smallest absolute Gasteiger partial charge is 0.320 e. The molecule has 0 amide bonds. The van der Waals surface area contributed by atoms with Gasteiger partial charge in [-0.05, 0) is 92.9 Å². The molecule has 4 aliphatic rings. The van der Waals surface area contributed by atoms with Gasteiger partial charge < -0.3 is 20.5 Å². The molecule has 0 aromatic carbocycles. The second kappa shape index (κ2) is 26.6. The molecule has 4 aliphatic carbocycles. The first-order chi connectivity index (χ1) is 19.6. The van der Waals surface area contributed by atoms with Gasteiger partial charge in [0, 0.05) is 37.8 Å². The molecule has 0 aliphatic heterocycles. The summed E-state index contributed by atoms with van der Waals surface area (Å²) in [4.78, 5) is 42.3. The number of hydrogen-bond acceptors (Lipinski definition) is 10. The first-order valence-corrected chi connectivity index (χ1v) is 16.0. The zero-order valence-corrected chi connectivity index (χ0v) is 28.7. The highest BCUT2D eigenvalue weighted by Crippen LogP contribution is 2.18. The van der Waals surface area contributed by atoms with Crippen LogP contribution in [0.15, 0.2) is 0 Å². The molecule has 6 N–H and O–H groups in total. The van der Waals surface area contributed by atoms with Crippen LogP contribution in [0.3, 0.4) is 0 Å². The Morgan fingerprint density at radius 3 is 1.25 bits per heavy atom. The number of carbonyl (C=O) groups excluding carboxylic acids is 4. The lowest BCUT2D eigenvalue weighted by Crippen LogP contribution is -2.35. The van der Waals surface area contributed by atoms with Gasteiger partial charge >= 0.3 is 11.9 Å². The standard InChI is InChI=1S/C11H21NO2.C6H13NO2.C5H12N2.2C5H8O.CH4.ClH/c1-11(2,3)14-10(13)8-12-9-6-4-5-7-9;1-6(2,3)9-5(8)4-7;6-7-5-3-1-2-4-5;2*6-5-3-1-2-4-5;;/h9,12H,4-8H2,1-3H3;4,7H2,1-3H3;5,7H,1-4,6H2;2*1-4H2;1H4;1H. The summed E-state index contributed by atoms with van der Waals surface area (Å²) in [7, 11) is 0. The van der Waals surface area contributed by atoms with Crippen molar-refractivity contribution >= 4 is 35.9 Å². The topological polar surface area (TPSA) is 163 Å². The van der Waals surface area contributed by atoms with Gasteiger partial charge in [0.05, 0.1) is 13.1 Å². The number of ether oxygens (including phenoxy) is 2. The van der Waals surface area contributed by atoms with Gasteiger partial charge in [-0.2, -0.15) is 0 Å². The van der Waals surface area contributed by atoms with Gasteiger partial charge in [0.15, 0.2) is 0 Å². The Balaban J connectivity index is -0.000000492. The Morgan fingerprint density at radius 1 is 0.682 bits per heavy atom. The van der Waals surface area contributed by atoms with Crippen LogP contribution in [0.1, 0.15) is 152 Å². The molecule has 0 aromatic heterocycles. The molecule has 262 valence electrons. The number of ketones is 2. The second-order valence-electron chi connectivity index (χ2n) is 13.4.